The average molecular weight is 380 g/mol. The molecule has 1 saturated heterocycles. The van der Waals surface area contributed by atoms with Gasteiger partial charge in [0.1, 0.15) is 6.04 Å². The van der Waals surface area contributed by atoms with E-state index in [0.717, 1.165) is 10.2 Å². The maximum Gasteiger partial charge on any atom is 0.256 e. The van der Waals surface area contributed by atoms with Gasteiger partial charge in [-0.25, -0.2) is 4.90 Å². The molecule has 0 radical (unpaired) electrons. The highest BCUT2D eigenvalue weighted by Crippen LogP contribution is 2.27. The Morgan fingerprint density at radius 1 is 1.14 bits per heavy atom. The molecule has 1 heterocycles. The van der Waals surface area contributed by atoms with E-state index in [1.165, 1.54) is 4.90 Å². The number of nitrogens with zero attached hydrogens (tertiary/aromatic N) is 1. The first-order chi connectivity index (χ1) is 10.5. The first-order valence-corrected chi connectivity index (χ1v) is 7.86. The molecule has 1 aliphatic rings. The molecular weight excluding hydrogens is 368 g/mol. The lowest BCUT2D eigenvalue weighted by molar-refractivity contribution is -0.121. The Morgan fingerprint density at radius 3 is 2.55 bits per heavy atom. The molecule has 0 aromatic heterocycles. The molecule has 1 N–H and O–H groups in total. The molecule has 0 bridgehead atoms. The van der Waals surface area contributed by atoms with Crippen molar-refractivity contribution in [3.63, 3.8) is 0 Å². The van der Waals surface area contributed by atoms with Crippen LogP contribution in [0.15, 0.2) is 53.0 Å². The molecule has 1 fully saturated rings. The molecule has 4 nitrogen and oxygen atoms in total. The van der Waals surface area contributed by atoms with Gasteiger partial charge in [0.2, 0.25) is 5.91 Å². The topological polar surface area (TPSA) is 49.4 Å². The van der Waals surface area contributed by atoms with Crippen molar-refractivity contribution in [2.24, 2.45) is 0 Å². The fourth-order valence-corrected chi connectivity index (χ4v) is 2.83. The minimum atomic E-state index is -0.562. The van der Waals surface area contributed by atoms with E-state index in [1.54, 1.807) is 24.3 Å². The molecule has 0 unspecified atom stereocenters. The van der Waals surface area contributed by atoms with Gasteiger partial charge in [-0.15, -0.1) is 0 Å². The highest BCUT2D eigenvalue weighted by Gasteiger charge is 2.39. The van der Waals surface area contributed by atoms with E-state index < -0.39 is 6.04 Å². The lowest BCUT2D eigenvalue weighted by Crippen LogP contribution is -2.34. The quantitative estimate of drug-likeness (QED) is 0.824. The number of rotatable bonds is 3. The van der Waals surface area contributed by atoms with Crippen LogP contribution in [0.4, 0.5) is 11.4 Å². The van der Waals surface area contributed by atoms with E-state index in [1.807, 2.05) is 24.3 Å². The summed E-state index contributed by atoms with van der Waals surface area (Å²) in [6.07, 6.45) is 0.126. The molecule has 0 spiro atoms. The molecule has 22 heavy (non-hydrogen) atoms. The van der Waals surface area contributed by atoms with Crippen molar-refractivity contribution in [1.82, 2.24) is 0 Å². The second-order valence-electron chi connectivity index (χ2n) is 4.96. The zero-order valence-corrected chi connectivity index (χ0v) is 13.8. The van der Waals surface area contributed by atoms with Gasteiger partial charge in [-0.2, -0.15) is 0 Å². The molecule has 0 saturated carbocycles. The normalized spacial score (nSPS) is 17.9. The van der Waals surface area contributed by atoms with Crippen molar-refractivity contribution in [2.75, 3.05) is 10.2 Å². The largest absolute Gasteiger partial charge is 0.373 e. The van der Waals surface area contributed by atoms with Crippen LogP contribution >= 0.6 is 27.5 Å². The highest BCUT2D eigenvalue weighted by atomic mass is 79.9. The molecule has 2 amide bonds. The van der Waals surface area contributed by atoms with E-state index in [2.05, 4.69) is 21.2 Å². The minimum Gasteiger partial charge on any atom is -0.373 e. The number of anilines is 2. The molecular formula is C16H12BrClN2O2. The molecule has 1 atom stereocenters. The second-order valence-corrected chi connectivity index (χ2v) is 6.31. The van der Waals surface area contributed by atoms with E-state index in [0.29, 0.717) is 10.7 Å². The standard InChI is InChI=1S/C16H12BrClN2O2/c17-10-4-6-12(7-5-10)19-14-9-15(21)20(16(14)22)13-3-1-2-11(18)8-13/h1-8,14,19H,9H2/t14-/m0/s1. The van der Waals surface area contributed by atoms with Crippen molar-refractivity contribution in [2.45, 2.75) is 12.5 Å². The van der Waals surface area contributed by atoms with Crippen LogP contribution in [0.25, 0.3) is 0 Å². The van der Waals surface area contributed by atoms with Crippen LogP contribution in [-0.4, -0.2) is 17.9 Å². The van der Waals surface area contributed by atoms with Gasteiger partial charge in [0, 0.05) is 15.2 Å². The Bertz CT molecular complexity index is 733. The summed E-state index contributed by atoms with van der Waals surface area (Å²) in [4.78, 5) is 25.8. The number of hydrogen-bond donors (Lipinski definition) is 1. The van der Waals surface area contributed by atoms with Gasteiger partial charge in [0.05, 0.1) is 12.1 Å². The third-order valence-electron chi connectivity index (χ3n) is 3.40. The highest BCUT2D eigenvalue weighted by molar-refractivity contribution is 9.10. The van der Waals surface area contributed by atoms with Crippen molar-refractivity contribution in [1.29, 1.82) is 0 Å². The van der Waals surface area contributed by atoms with Crippen molar-refractivity contribution in [3.05, 3.63) is 58.0 Å². The number of carbonyl (C=O) groups is 2. The van der Waals surface area contributed by atoms with Crippen LogP contribution in [-0.2, 0) is 9.59 Å². The Labute approximate surface area is 141 Å². The van der Waals surface area contributed by atoms with Crippen LogP contribution in [0.1, 0.15) is 6.42 Å². The van der Waals surface area contributed by atoms with Crippen molar-refractivity contribution in [3.8, 4) is 0 Å². The molecule has 1 aliphatic heterocycles. The van der Waals surface area contributed by atoms with Crippen molar-refractivity contribution < 1.29 is 9.59 Å². The third-order valence-corrected chi connectivity index (χ3v) is 4.16. The summed E-state index contributed by atoms with van der Waals surface area (Å²) < 4.78 is 0.951. The number of nitrogens with one attached hydrogen (secondary N) is 1. The predicted octanol–water partition coefficient (Wildman–Crippen LogP) is 3.85. The third kappa shape index (κ3) is 3.00. The Kier molecular flexibility index (Phi) is 4.18. The van der Waals surface area contributed by atoms with Crippen LogP contribution in [0.3, 0.4) is 0 Å². The Morgan fingerprint density at radius 2 is 1.86 bits per heavy atom. The molecule has 0 aliphatic carbocycles. The zero-order valence-electron chi connectivity index (χ0n) is 11.4. The fourth-order valence-electron chi connectivity index (χ4n) is 2.38. The Hall–Kier alpha value is -1.85. The fraction of sp³-hybridized carbons (Fsp3) is 0.125. The summed E-state index contributed by atoms with van der Waals surface area (Å²) in [6, 6.07) is 13.6. The summed E-state index contributed by atoms with van der Waals surface area (Å²) in [5.74, 6) is -0.503. The molecule has 6 heteroatoms. The maximum absolute atomic E-state index is 12.5. The van der Waals surface area contributed by atoms with Gasteiger partial charge in [-0.1, -0.05) is 33.6 Å². The SMILES string of the molecule is O=C1C[C@H](Nc2ccc(Br)cc2)C(=O)N1c1cccc(Cl)c1. The van der Waals surface area contributed by atoms with Crippen LogP contribution in [0, 0.1) is 0 Å². The van der Waals surface area contributed by atoms with Gasteiger partial charge in [0.25, 0.3) is 5.91 Å². The van der Waals surface area contributed by atoms with E-state index in [9.17, 15) is 9.59 Å². The van der Waals surface area contributed by atoms with Crippen molar-refractivity contribution >= 4 is 50.7 Å². The number of hydrogen-bond acceptors (Lipinski definition) is 3. The monoisotopic (exact) mass is 378 g/mol. The molecule has 112 valence electrons. The number of benzene rings is 2. The van der Waals surface area contributed by atoms with Crippen LogP contribution < -0.4 is 10.2 Å². The van der Waals surface area contributed by atoms with E-state index in [4.69, 9.17) is 11.6 Å². The van der Waals surface area contributed by atoms with Gasteiger partial charge < -0.3 is 5.32 Å². The first-order valence-electron chi connectivity index (χ1n) is 6.69. The average Bonchev–Trinajstić information content (AvgIpc) is 2.76. The summed E-state index contributed by atoms with van der Waals surface area (Å²) in [7, 11) is 0. The van der Waals surface area contributed by atoms with Gasteiger partial charge in [-0.3, -0.25) is 9.59 Å². The number of amides is 2. The molecule has 2 aromatic rings. The zero-order chi connectivity index (χ0) is 15.7. The molecule has 2 aromatic carbocycles. The summed E-state index contributed by atoms with van der Waals surface area (Å²) in [6.45, 7) is 0. The van der Waals surface area contributed by atoms with E-state index in [-0.39, 0.29) is 18.2 Å². The minimum absolute atomic E-state index is 0.126. The van der Waals surface area contributed by atoms with Gasteiger partial charge >= 0.3 is 0 Å². The van der Waals surface area contributed by atoms with Gasteiger partial charge in [-0.05, 0) is 42.5 Å². The number of halogens is 2. The van der Waals surface area contributed by atoms with Crippen LogP contribution in [0.2, 0.25) is 5.02 Å². The first kappa shape index (κ1) is 15.1. The Balaban J connectivity index is 1.81. The summed E-state index contributed by atoms with van der Waals surface area (Å²) in [5, 5.41) is 3.59. The maximum atomic E-state index is 12.5. The number of imide groups is 1. The van der Waals surface area contributed by atoms with E-state index >= 15 is 0 Å². The number of carbonyl (C=O) groups excluding carboxylic acids is 2. The predicted molar refractivity (Wildman–Crippen MR) is 90.1 cm³/mol. The van der Waals surface area contributed by atoms with Gasteiger partial charge in [0.15, 0.2) is 0 Å². The summed E-state index contributed by atoms with van der Waals surface area (Å²) in [5.41, 5.74) is 1.30. The van der Waals surface area contributed by atoms with Crippen LogP contribution in [0.5, 0.6) is 0 Å². The lowest BCUT2D eigenvalue weighted by Gasteiger charge is -2.16. The molecule has 3 rings (SSSR count). The lowest BCUT2D eigenvalue weighted by atomic mass is 10.2. The smallest absolute Gasteiger partial charge is 0.256 e. The second kappa shape index (κ2) is 6.10. The summed E-state index contributed by atoms with van der Waals surface area (Å²) >= 11 is 9.29.